The van der Waals surface area contributed by atoms with Crippen molar-refractivity contribution in [3.63, 3.8) is 0 Å². The summed E-state index contributed by atoms with van der Waals surface area (Å²) in [5.41, 5.74) is 1.86. The van der Waals surface area contributed by atoms with Gasteiger partial charge in [0.05, 0.1) is 10.7 Å². The van der Waals surface area contributed by atoms with Gasteiger partial charge in [-0.2, -0.15) is 0 Å². The lowest BCUT2D eigenvalue weighted by atomic mass is 10.1. The van der Waals surface area contributed by atoms with Crippen molar-refractivity contribution in [2.24, 2.45) is 0 Å². The molecule has 6 heteroatoms. The van der Waals surface area contributed by atoms with Crippen LogP contribution in [-0.4, -0.2) is 77.9 Å². The molecule has 2 fully saturated rings. The number of likely N-dealkylation sites (tertiary alicyclic amines) is 1. The number of amides is 1. The Morgan fingerprint density at radius 2 is 1.59 bits per heavy atom. The molecule has 144 valence electrons. The number of hydrogen-bond acceptors (Lipinski definition) is 5. The Kier molecular flexibility index (Phi) is 5.86. The summed E-state index contributed by atoms with van der Waals surface area (Å²) in [7, 11) is 0. The molecule has 2 aliphatic heterocycles. The van der Waals surface area contributed by atoms with E-state index < -0.39 is 0 Å². The quantitative estimate of drug-likeness (QED) is 0.795. The summed E-state index contributed by atoms with van der Waals surface area (Å²) in [4.78, 5) is 25.6. The van der Waals surface area contributed by atoms with E-state index in [-0.39, 0.29) is 5.91 Å². The molecule has 0 N–H and O–H groups in total. The molecule has 0 unspecified atom stereocenters. The largest absolute Gasteiger partial charge is 0.335 e. The number of aryl methyl sites for hydroxylation is 1. The van der Waals surface area contributed by atoms with Crippen LogP contribution in [0.2, 0.25) is 0 Å². The minimum Gasteiger partial charge on any atom is -0.335 e. The molecule has 0 saturated carbocycles. The number of aromatic nitrogens is 1. The van der Waals surface area contributed by atoms with Crippen molar-refractivity contribution in [3.8, 4) is 11.3 Å². The lowest BCUT2D eigenvalue weighted by Gasteiger charge is -2.35. The van der Waals surface area contributed by atoms with Crippen LogP contribution < -0.4 is 0 Å². The molecule has 0 bridgehead atoms. The minimum atomic E-state index is 0.138. The Morgan fingerprint density at radius 3 is 2.26 bits per heavy atom. The predicted octanol–water partition coefficient (Wildman–Crippen LogP) is 2.97. The van der Waals surface area contributed by atoms with Gasteiger partial charge in [0.1, 0.15) is 4.88 Å². The SMILES string of the molecule is Cc1nc(-c2ccccc2)c(C(=O)N2CCN(CCN3CCCC3)CC2)s1. The predicted molar refractivity (Wildman–Crippen MR) is 110 cm³/mol. The molecule has 0 atom stereocenters. The second-order valence-corrected chi connectivity index (χ2v) is 8.66. The summed E-state index contributed by atoms with van der Waals surface area (Å²) < 4.78 is 0. The Morgan fingerprint density at radius 1 is 0.963 bits per heavy atom. The zero-order valence-electron chi connectivity index (χ0n) is 16.1. The highest BCUT2D eigenvalue weighted by atomic mass is 32.1. The zero-order valence-corrected chi connectivity index (χ0v) is 16.9. The molecule has 1 amide bonds. The first-order valence-corrected chi connectivity index (χ1v) is 10.8. The molecule has 2 saturated heterocycles. The maximum atomic E-state index is 13.2. The van der Waals surface area contributed by atoms with Gasteiger partial charge < -0.3 is 9.80 Å². The van der Waals surface area contributed by atoms with E-state index in [1.54, 1.807) is 0 Å². The molecule has 0 aliphatic carbocycles. The third-order valence-electron chi connectivity index (χ3n) is 5.57. The third kappa shape index (κ3) is 4.39. The molecule has 2 aliphatic rings. The van der Waals surface area contributed by atoms with Gasteiger partial charge in [-0.25, -0.2) is 4.98 Å². The number of hydrogen-bond donors (Lipinski definition) is 0. The number of carbonyl (C=O) groups excluding carboxylic acids is 1. The summed E-state index contributed by atoms with van der Waals surface area (Å²) in [6.45, 7) is 10.3. The highest BCUT2D eigenvalue weighted by molar-refractivity contribution is 7.14. The highest BCUT2D eigenvalue weighted by Crippen LogP contribution is 2.29. The lowest BCUT2D eigenvalue weighted by molar-refractivity contribution is 0.0632. The molecular formula is C21H28N4OS. The van der Waals surface area contributed by atoms with Crippen molar-refractivity contribution >= 4 is 17.2 Å². The van der Waals surface area contributed by atoms with Gasteiger partial charge in [-0.15, -0.1) is 11.3 Å². The molecule has 0 radical (unpaired) electrons. The smallest absolute Gasteiger partial charge is 0.266 e. The van der Waals surface area contributed by atoms with E-state index in [9.17, 15) is 4.79 Å². The van der Waals surface area contributed by atoms with Crippen molar-refractivity contribution in [3.05, 3.63) is 40.2 Å². The summed E-state index contributed by atoms with van der Waals surface area (Å²) >= 11 is 1.52. The number of rotatable bonds is 5. The van der Waals surface area contributed by atoms with Crippen LogP contribution in [0.15, 0.2) is 30.3 Å². The van der Waals surface area contributed by atoms with Gasteiger partial charge in [-0.3, -0.25) is 9.69 Å². The summed E-state index contributed by atoms with van der Waals surface area (Å²) in [6.07, 6.45) is 2.70. The molecule has 27 heavy (non-hydrogen) atoms. The average Bonchev–Trinajstić information content (AvgIpc) is 3.36. The standard InChI is InChI=1S/C21H28N4OS/c1-17-22-19(18-7-3-2-4-8-18)20(27-17)21(26)25-15-13-24(14-16-25)12-11-23-9-5-6-10-23/h2-4,7-8H,5-6,9-16H2,1H3. The average molecular weight is 385 g/mol. The van der Waals surface area contributed by atoms with E-state index in [1.807, 2.05) is 42.2 Å². The first kappa shape index (κ1) is 18.6. The van der Waals surface area contributed by atoms with Crippen LogP contribution >= 0.6 is 11.3 Å². The van der Waals surface area contributed by atoms with Gasteiger partial charge in [0.15, 0.2) is 0 Å². The number of carbonyl (C=O) groups is 1. The Bertz CT molecular complexity index is 762. The number of benzene rings is 1. The van der Waals surface area contributed by atoms with Crippen molar-refractivity contribution < 1.29 is 4.79 Å². The maximum absolute atomic E-state index is 13.2. The fourth-order valence-corrected chi connectivity index (χ4v) is 4.88. The molecule has 4 rings (SSSR count). The van der Waals surface area contributed by atoms with E-state index in [0.717, 1.165) is 53.9 Å². The van der Waals surface area contributed by atoms with Crippen LogP contribution in [0.25, 0.3) is 11.3 Å². The first-order valence-electron chi connectivity index (χ1n) is 9.97. The zero-order chi connectivity index (χ0) is 18.6. The van der Waals surface area contributed by atoms with Crippen LogP contribution in [0.3, 0.4) is 0 Å². The summed E-state index contributed by atoms with van der Waals surface area (Å²) in [5, 5.41) is 0.946. The van der Waals surface area contributed by atoms with Crippen molar-refractivity contribution in [1.82, 2.24) is 19.7 Å². The van der Waals surface area contributed by atoms with E-state index >= 15 is 0 Å². The monoisotopic (exact) mass is 384 g/mol. The Hall–Kier alpha value is -1.76. The summed E-state index contributed by atoms with van der Waals surface area (Å²) in [5.74, 6) is 0.138. The number of nitrogens with zero attached hydrogens (tertiary/aromatic N) is 4. The maximum Gasteiger partial charge on any atom is 0.266 e. The van der Waals surface area contributed by atoms with Crippen LogP contribution in [0.5, 0.6) is 0 Å². The van der Waals surface area contributed by atoms with Crippen LogP contribution in [-0.2, 0) is 0 Å². The number of thiazole rings is 1. The van der Waals surface area contributed by atoms with Crippen molar-refractivity contribution in [2.75, 3.05) is 52.4 Å². The minimum absolute atomic E-state index is 0.138. The highest BCUT2D eigenvalue weighted by Gasteiger charge is 2.26. The Balaban J connectivity index is 1.37. The van der Waals surface area contributed by atoms with Crippen LogP contribution in [0.1, 0.15) is 27.5 Å². The fourth-order valence-electron chi connectivity index (χ4n) is 3.97. The molecule has 1 aromatic carbocycles. The normalized spacial score (nSPS) is 18.9. The van der Waals surface area contributed by atoms with E-state index in [1.165, 1.54) is 43.8 Å². The van der Waals surface area contributed by atoms with Gasteiger partial charge in [0, 0.05) is 44.8 Å². The van der Waals surface area contributed by atoms with Gasteiger partial charge >= 0.3 is 0 Å². The van der Waals surface area contributed by atoms with Gasteiger partial charge in [0.25, 0.3) is 5.91 Å². The third-order valence-corrected chi connectivity index (χ3v) is 6.52. The lowest BCUT2D eigenvalue weighted by Crippen LogP contribution is -2.50. The molecule has 3 heterocycles. The van der Waals surface area contributed by atoms with E-state index in [2.05, 4.69) is 14.8 Å². The fraction of sp³-hybridized carbons (Fsp3) is 0.524. The molecule has 0 spiro atoms. The van der Waals surface area contributed by atoms with Crippen molar-refractivity contribution in [2.45, 2.75) is 19.8 Å². The van der Waals surface area contributed by atoms with E-state index in [0.29, 0.717) is 0 Å². The van der Waals surface area contributed by atoms with Crippen LogP contribution in [0, 0.1) is 6.92 Å². The van der Waals surface area contributed by atoms with Crippen LogP contribution in [0.4, 0.5) is 0 Å². The van der Waals surface area contributed by atoms with Crippen molar-refractivity contribution in [1.29, 1.82) is 0 Å². The Labute approximate surface area is 165 Å². The van der Waals surface area contributed by atoms with E-state index in [4.69, 9.17) is 0 Å². The second kappa shape index (κ2) is 8.50. The first-order chi connectivity index (χ1) is 13.2. The molecular weight excluding hydrogens is 356 g/mol. The topological polar surface area (TPSA) is 39.7 Å². The molecule has 1 aromatic heterocycles. The second-order valence-electron chi connectivity index (χ2n) is 7.46. The van der Waals surface area contributed by atoms with Gasteiger partial charge in [-0.05, 0) is 32.9 Å². The van der Waals surface area contributed by atoms with Gasteiger partial charge in [-0.1, -0.05) is 30.3 Å². The molecule has 2 aromatic rings. The number of piperazine rings is 1. The van der Waals surface area contributed by atoms with Gasteiger partial charge in [0.2, 0.25) is 0 Å². The summed E-state index contributed by atoms with van der Waals surface area (Å²) in [6, 6.07) is 10.0. The molecule has 5 nitrogen and oxygen atoms in total.